The fourth-order valence-electron chi connectivity index (χ4n) is 2.61. The van der Waals surface area contributed by atoms with Crippen LogP contribution >= 0.6 is 0 Å². The van der Waals surface area contributed by atoms with Gasteiger partial charge in [0.2, 0.25) is 5.95 Å². The Hall–Kier alpha value is -2.47. The Balaban J connectivity index is 0.000000924. The van der Waals surface area contributed by atoms with Gasteiger partial charge in [-0.25, -0.2) is 4.98 Å². The Morgan fingerprint density at radius 1 is 1.13 bits per heavy atom. The Bertz CT molecular complexity index is 680. The normalized spacial score (nSPS) is 13.4. The number of benzene rings is 1. The minimum Gasteiger partial charge on any atom is -0.368 e. The summed E-state index contributed by atoms with van der Waals surface area (Å²) in [4.78, 5) is 22.4. The number of nitrogen functional groups attached to an aromatic ring is 1. The molecule has 0 saturated carbocycles. The summed E-state index contributed by atoms with van der Waals surface area (Å²) in [6, 6.07) is 9.39. The van der Waals surface area contributed by atoms with Crippen LogP contribution in [0, 0.1) is 0 Å². The SMILES string of the molecule is CC(=O)c1cccc(-c2cc(N3CCCC3)nc(N)n2)c1.CN. The lowest BCUT2D eigenvalue weighted by molar-refractivity contribution is 0.101. The lowest BCUT2D eigenvalue weighted by Crippen LogP contribution is -2.19. The standard InChI is InChI=1S/C16H18N4O.CH5N/c1-11(21)12-5-4-6-13(9-12)14-10-15(19-16(17)18-14)20-7-2-3-8-20;1-2/h4-6,9-10H,2-3,7-8H2,1H3,(H2,17,18,19);2H2,1H3. The second-order valence-electron chi connectivity index (χ2n) is 5.30. The minimum absolute atomic E-state index is 0.0404. The smallest absolute Gasteiger partial charge is 0.222 e. The van der Waals surface area contributed by atoms with Crippen LogP contribution in [0.3, 0.4) is 0 Å². The predicted octanol–water partition coefficient (Wildman–Crippen LogP) is 2.10. The molecule has 122 valence electrons. The molecule has 0 spiro atoms. The molecule has 1 aliphatic heterocycles. The quantitative estimate of drug-likeness (QED) is 0.842. The van der Waals surface area contributed by atoms with Gasteiger partial charge in [-0.05, 0) is 32.9 Å². The van der Waals surface area contributed by atoms with Crippen molar-refractivity contribution in [1.29, 1.82) is 0 Å². The summed E-state index contributed by atoms with van der Waals surface area (Å²) >= 11 is 0. The molecule has 3 rings (SSSR count). The Morgan fingerprint density at radius 2 is 1.83 bits per heavy atom. The van der Waals surface area contributed by atoms with Crippen molar-refractivity contribution >= 4 is 17.5 Å². The molecule has 1 aromatic heterocycles. The van der Waals surface area contributed by atoms with Gasteiger partial charge in [0.05, 0.1) is 5.69 Å². The summed E-state index contributed by atoms with van der Waals surface area (Å²) in [5.41, 5.74) is 12.7. The zero-order chi connectivity index (χ0) is 16.8. The van der Waals surface area contributed by atoms with Gasteiger partial charge in [0.25, 0.3) is 0 Å². The molecule has 0 amide bonds. The van der Waals surface area contributed by atoms with Gasteiger partial charge in [0.15, 0.2) is 5.78 Å². The van der Waals surface area contributed by atoms with Crippen LogP contribution in [0.15, 0.2) is 30.3 Å². The number of aromatic nitrogens is 2. The Labute approximate surface area is 136 Å². The van der Waals surface area contributed by atoms with Gasteiger partial charge < -0.3 is 16.4 Å². The monoisotopic (exact) mass is 313 g/mol. The molecule has 6 heteroatoms. The average molecular weight is 313 g/mol. The maximum absolute atomic E-state index is 11.5. The van der Waals surface area contributed by atoms with Crippen molar-refractivity contribution in [3.63, 3.8) is 0 Å². The molecule has 4 N–H and O–H groups in total. The molecule has 0 aliphatic carbocycles. The second-order valence-corrected chi connectivity index (χ2v) is 5.30. The van der Waals surface area contributed by atoms with Gasteiger partial charge in [-0.2, -0.15) is 4.98 Å². The van der Waals surface area contributed by atoms with E-state index in [4.69, 9.17) is 5.73 Å². The first-order valence-electron chi connectivity index (χ1n) is 7.72. The van der Waals surface area contributed by atoms with Crippen molar-refractivity contribution in [2.75, 3.05) is 30.8 Å². The Morgan fingerprint density at radius 3 is 2.48 bits per heavy atom. The number of hydrogen-bond donors (Lipinski definition) is 2. The van der Waals surface area contributed by atoms with Crippen molar-refractivity contribution in [2.45, 2.75) is 19.8 Å². The number of nitrogens with zero attached hydrogens (tertiary/aromatic N) is 3. The largest absolute Gasteiger partial charge is 0.368 e. The van der Waals surface area contributed by atoms with E-state index in [0.717, 1.165) is 30.2 Å². The van der Waals surface area contributed by atoms with Crippen LogP contribution in [-0.2, 0) is 0 Å². The molecule has 0 unspecified atom stereocenters. The highest BCUT2D eigenvalue weighted by Gasteiger charge is 2.16. The minimum atomic E-state index is 0.0404. The van der Waals surface area contributed by atoms with E-state index < -0.39 is 0 Å². The van der Waals surface area contributed by atoms with Gasteiger partial charge in [-0.15, -0.1) is 0 Å². The van der Waals surface area contributed by atoms with Gasteiger partial charge >= 0.3 is 0 Å². The van der Waals surface area contributed by atoms with Crippen molar-refractivity contribution < 1.29 is 4.79 Å². The highest BCUT2D eigenvalue weighted by molar-refractivity contribution is 5.95. The van der Waals surface area contributed by atoms with E-state index in [1.165, 1.54) is 19.9 Å². The first-order chi connectivity index (χ1) is 11.1. The maximum Gasteiger partial charge on any atom is 0.222 e. The zero-order valence-corrected chi connectivity index (χ0v) is 13.6. The van der Waals surface area contributed by atoms with E-state index in [9.17, 15) is 4.79 Å². The number of ketones is 1. The number of carbonyl (C=O) groups excluding carboxylic acids is 1. The topological polar surface area (TPSA) is 98.1 Å². The highest BCUT2D eigenvalue weighted by Crippen LogP contribution is 2.25. The summed E-state index contributed by atoms with van der Waals surface area (Å²) in [5, 5.41) is 0. The van der Waals surface area contributed by atoms with Crippen LogP contribution in [0.1, 0.15) is 30.1 Å². The number of Topliss-reactive ketones (excluding diaryl/α,β-unsaturated/α-hetero) is 1. The number of anilines is 2. The predicted molar refractivity (Wildman–Crippen MR) is 93.4 cm³/mol. The van der Waals surface area contributed by atoms with Gasteiger partial charge in [0, 0.05) is 30.3 Å². The van der Waals surface area contributed by atoms with Crippen molar-refractivity contribution in [2.24, 2.45) is 5.73 Å². The summed E-state index contributed by atoms with van der Waals surface area (Å²) in [6.45, 7) is 3.57. The first-order valence-corrected chi connectivity index (χ1v) is 7.72. The van der Waals surface area contributed by atoms with E-state index >= 15 is 0 Å². The second kappa shape index (κ2) is 7.69. The zero-order valence-electron chi connectivity index (χ0n) is 13.6. The van der Waals surface area contributed by atoms with Crippen LogP contribution in [-0.4, -0.2) is 35.9 Å². The lowest BCUT2D eigenvalue weighted by Gasteiger charge is -2.17. The molecule has 0 radical (unpaired) electrons. The molecule has 2 heterocycles. The summed E-state index contributed by atoms with van der Waals surface area (Å²) in [6.07, 6.45) is 2.36. The lowest BCUT2D eigenvalue weighted by atomic mass is 10.1. The van der Waals surface area contributed by atoms with Gasteiger partial charge in [-0.1, -0.05) is 18.2 Å². The van der Waals surface area contributed by atoms with Crippen molar-refractivity contribution in [1.82, 2.24) is 9.97 Å². The van der Waals surface area contributed by atoms with Gasteiger partial charge in [0.1, 0.15) is 5.82 Å². The summed E-state index contributed by atoms with van der Waals surface area (Å²) in [7, 11) is 1.50. The third-order valence-electron chi connectivity index (χ3n) is 3.72. The average Bonchev–Trinajstić information content (AvgIpc) is 3.11. The van der Waals surface area contributed by atoms with E-state index in [-0.39, 0.29) is 11.7 Å². The molecule has 6 nitrogen and oxygen atoms in total. The van der Waals surface area contributed by atoms with Gasteiger partial charge in [-0.3, -0.25) is 4.79 Å². The van der Waals surface area contributed by atoms with Crippen molar-refractivity contribution in [3.8, 4) is 11.3 Å². The fourth-order valence-corrected chi connectivity index (χ4v) is 2.61. The molecule has 1 aliphatic rings. The molecule has 2 aromatic rings. The first kappa shape index (κ1) is 16.9. The molecule has 1 fully saturated rings. The van der Waals surface area contributed by atoms with Crippen LogP contribution in [0.25, 0.3) is 11.3 Å². The van der Waals surface area contributed by atoms with Crippen LogP contribution in [0.5, 0.6) is 0 Å². The summed E-state index contributed by atoms with van der Waals surface area (Å²) in [5.74, 6) is 1.17. The highest BCUT2D eigenvalue weighted by atomic mass is 16.1. The molecular weight excluding hydrogens is 290 g/mol. The van der Waals surface area contributed by atoms with E-state index in [0.29, 0.717) is 5.56 Å². The van der Waals surface area contributed by atoms with Crippen LogP contribution in [0.2, 0.25) is 0 Å². The van der Waals surface area contributed by atoms with Crippen LogP contribution in [0.4, 0.5) is 11.8 Å². The third-order valence-corrected chi connectivity index (χ3v) is 3.72. The molecule has 1 aromatic carbocycles. The molecule has 23 heavy (non-hydrogen) atoms. The van der Waals surface area contributed by atoms with Crippen LogP contribution < -0.4 is 16.4 Å². The Kier molecular flexibility index (Phi) is 5.65. The van der Waals surface area contributed by atoms with E-state index in [1.807, 2.05) is 24.3 Å². The third kappa shape index (κ3) is 4.04. The number of carbonyl (C=O) groups is 1. The van der Waals surface area contributed by atoms with Crippen molar-refractivity contribution in [3.05, 3.63) is 35.9 Å². The number of rotatable bonds is 3. The number of hydrogen-bond acceptors (Lipinski definition) is 6. The number of nitrogens with two attached hydrogens (primary N) is 2. The maximum atomic E-state index is 11.5. The fraction of sp³-hybridized carbons (Fsp3) is 0.353. The molecule has 1 saturated heterocycles. The molecule has 0 atom stereocenters. The molecular formula is C17H23N5O. The summed E-state index contributed by atoms with van der Waals surface area (Å²) < 4.78 is 0. The molecule has 0 bridgehead atoms. The van der Waals surface area contributed by atoms with E-state index in [1.54, 1.807) is 13.0 Å². The van der Waals surface area contributed by atoms with E-state index in [2.05, 4.69) is 20.6 Å².